The largest absolute Gasteiger partial charge is 0.493 e. The third kappa shape index (κ3) is 5.27. The summed E-state index contributed by atoms with van der Waals surface area (Å²) in [7, 11) is 3.16. The van der Waals surface area contributed by atoms with Gasteiger partial charge in [0.05, 0.1) is 25.8 Å². The molecule has 0 saturated heterocycles. The predicted molar refractivity (Wildman–Crippen MR) is 108 cm³/mol. The Balaban J connectivity index is 1.78. The van der Waals surface area contributed by atoms with Crippen molar-refractivity contribution in [2.24, 2.45) is 0 Å². The van der Waals surface area contributed by atoms with E-state index >= 15 is 0 Å². The van der Waals surface area contributed by atoms with Crippen molar-refractivity contribution < 1.29 is 28.6 Å². The lowest BCUT2D eigenvalue weighted by atomic mass is 9.79. The fourth-order valence-corrected chi connectivity index (χ4v) is 3.74. The van der Waals surface area contributed by atoms with Crippen LogP contribution < -0.4 is 15.0 Å². The van der Waals surface area contributed by atoms with E-state index in [0.29, 0.717) is 36.3 Å². The molecule has 3 atom stereocenters. The van der Waals surface area contributed by atoms with Crippen molar-refractivity contribution in [2.45, 2.75) is 44.2 Å². The normalized spacial score (nSPS) is 20.8. The van der Waals surface area contributed by atoms with Gasteiger partial charge in [0.25, 0.3) is 0 Å². The topological polar surface area (TPSA) is 96.0 Å². The first-order valence-electron chi connectivity index (χ1n) is 9.77. The summed E-state index contributed by atoms with van der Waals surface area (Å²) < 4.78 is 16.2. The molecule has 1 fully saturated rings. The van der Waals surface area contributed by atoms with E-state index < -0.39 is 5.97 Å². The number of carbonyl (C=O) groups excluding carboxylic acids is 2. The summed E-state index contributed by atoms with van der Waals surface area (Å²) in [5, 5.41) is 0. The Labute approximate surface area is 175 Å². The SMILES string of the molecule is COc1ccc(C2CC(OC(C)=O)CCC2NOC(=O)c2cccnc2)cc1OC. The fourth-order valence-electron chi connectivity index (χ4n) is 3.74. The van der Waals surface area contributed by atoms with Gasteiger partial charge in [-0.1, -0.05) is 6.07 Å². The first kappa shape index (κ1) is 21.6. The van der Waals surface area contributed by atoms with Crippen LogP contribution in [-0.4, -0.2) is 43.3 Å². The van der Waals surface area contributed by atoms with E-state index in [2.05, 4.69) is 10.5 Å². The third-order valence-corrected chi connectivity index (χ3v) is 5.17. The minimum Gasteiger partial charge on any atom is -0.493 e. The Kier molecular flexibility index (Phi) is 7.24. The fraction of sp³-hybridized carbons (Fsp3) is 0.409. The smallest absolute Gasteiger partial charge is 0.358 e. The molecule has 1 aliphatic carbocycles. The zero-order valence-electron chi connectivity index (χ0n) is 17.3. The van der Waals surface area contributed by atoms with Crippen LogP contribution in [-0.2, 0) is 14.4 Å². The van der Waals surface area contributed by atoms with Gasteiger partial charge in [-0.15, -0.1) is 5.48 Å². The van der Waals surface area contributed by atoms with Crippen LogP contribution in [0.4, 0.5) is 0 Å². The lowest BCUT2D eigenvalue weighted by Gasteiger charge is -2.36. The summed E-state index contributed by atoms with van der Waals surface area (Å²) in [6.45, 7) is 1.41. The van der Waals surface area contributed by atoms with Crippen molar-refractivity contribution in [3.63, 3.8) is 0 Å². The van der Waals surface area contributed by atoms with Gasteiger partial charge >= 0.3 is 11.9 Å². The summed E-state index contributed by atoms with van der Waals surface area (Å²) in [5.74, 6) is 0.359. The number of rotatable bonds is 7. The van der Waals surface area contributed by atoms with Gasteiger partial charge in [0.1, 0.15) is 6.10 Å². The molecule has 1 N–H and O–H groups in total. The van der Waals surface area contributed by atoms with Gasteiger partial charge < -0.3 is 19.0 Å². The number of ether oxygens (including phenoxy) is 3. The first-order chi connectivity index (χ1) is 14.5. The predicted octanol–water partition coefficient (Wildman–Crippen LogP) is 3.03. The monoisotopic (exact) mass is 414 g/mol. The molecule has 160 valence electrons. The molecule has 1 aliphatic rings. The molecule has 8 nitrogen and oxygen atoms in total. The second-order valence-electron chi connectivity index (χ2n) is 7.12. The Morgan fingerprint density at radius 3 is 2.57 bits per heavy atom. The molecule has 0 amide bonds. The summed E-state index contributed by atoms with van der Waals surface area (Å²) >= 11 is 0. The molecule has 1 heterocycles. The van der Waals surface area contributed by atoms with E-state index in [4.69, 9.17) is 19.0 Å². The van der Waals surface area contributed by atoms with Gasteiger partial charge in [0, 0.05) is 25.2 Å². The van der Waals surface area contributed by atoms with E-state index in [-0.39, 0.29) is 24.0 Å². The summed E-state index contributed by atoms with van der Waals surface area (Å²) in [4.78, 5) is 33.0. The van der Waals surface area contributed by atoms with Gasteiger partial charge in [-0.25, -0.2) is 4.79 Å². The number of aromatic nitrogens is 1. The molecule has 3 unspecified atom stereocenters. The summed E-state index contributed by atoms with van der Waals surface area (Å²) in [6, 6.07) is 8.84. The Hall–Kier alpha value is -3.13. The standard InChI is InChI=1S/C22H26N2O6/c1-14(25)29-17-7-8-19(24-30-22(26)16-5-4-10-23-13-16)18(12-17)15-6-9-20(27-2)21(11-15)28-3/h4-6,9-11,13,17-19,24H,7-8,12H2,1-3H3. The maximum atomic E-state index is 12.3. The van der Waals surface area contributed by atoms with Crippen LogP contribution in [0.3, 0.4) is 0 Å². The average Bonchev–Trinajstić information content (AvgIpc) is 2.77. The highest BCUT2D eigenvalue weighted by atomic mass is 16.7. The number of hydrogen-bond donors (Lipinski definition) is 1. The number of pyridine rings is 1. The molecule has 8 heteroatoms. The van der Waals surface area contributed by atoms with Gasteiger partial charge in [-0.3, -0.25) is 9.78 Å². The Morgan fingerprint density at radius 2 is 1.90 bits per heavy atom. The van der Waals surface area contributed by atoms with Gasteiger partial charge in [-0.2, -0.15) is 0 Å². The molecule has 0 spiro atoms. The van der Waals surface area contributed by atoms with Crippen LogP contribution in [0.5, 0.6) is 11.5 Å². The van der Waals surface area contributed by atoms with Crippen molar-refractivity contribution in [2.75, 3.05) is 14.2 Å². The van der Waals surface area contributed by atoms with E-state index in [9.17, 15) is 9.59 Å². The number of nitrogens with one attached hydrogen (secondary N) is 1. The first-order valence-corrected chi connectivity index (χ1v) is 9.77. The van der Waals surface area contributed by atoms with Gasteiger partial charge in [-0.05, 0) is 49.1 Å². The van der Waals surface area contributed by atoms with Crippen LogP contribution in [0.1, 0.15) is 48.0 Å². The quantitative estimate of drug-likeness (QED) is 0.546. The highest BCUT2D eigenvalue weighted by Crippen LogP contribution is 2.38. The minimum atomic E-state index is -0.503. The maximum absolute atomic E-state index is 12.3. The van der Waals surface area contributed by atoms with Crippen molar-refractivity contribution >= 4 is 11.9 Å². The van der Waals surface area contributed by atoms with Crippen molar-refractivity contribution in [1.29, 1.82) is 0 Å². The average molecular weight is 414 g/mol. The zero-order chi connectivity index (χ0) is 21.5. The van der Waals surface area contributed by atoms with Crippen LogP contribution in [0.2, 0.25) is 0 Å². The summed E-state index contributed by atoms with van der Waals surface area (Å²) in [5.41, 5.74) is 4.25. The van der Waals surface area contributed by atoms with E-state index in [1.807, 2.05) is 18.2 Å². The van der Waals surface area contributed by atoms with E-state index in [0.717, 1.165) is 5.56 Å². The Bertz CT molecular complexity index is 873. The molecule has 3 rings (SSSR count). The maximum Gasteiger partial charge on any atom is 0.358 e. The molecule has 1 saturated carbocycles. The number of hydroxylamine groups is 1. The van der Waals surface area contributed by atoms with Crippen molar-refractivity contribution in [3.05, 3.63) is 53.9 Å². The molecule has 0 radical (unpaired) electrons. The summed E-state index contributed by atoms with van der Waals surface area (Å²) in [6.07, 6.45) is 4.77. The third-order valence-electron chi connectivity index (χ3n) is 5.17. The molecule has 30 heavy (non-hydrogen) atoms. The number of esters is 1. The number of nitrogens with zero attached hydrogens (tertiary/aromatic N) is 1. The Morgan fingerprint density at radius 1 is 1.10 bits per heavy atom. The van der Waals surface area contributed by atoms with E-state index in [1.165, 1.54) is 13.1 Å². The molecule has 2 aromatic rings. The van der Waals surface area contributed by atoms with Crippen LogP contribution in [0.25, 0.3) is 0 Å². The number of carbonyl (C=O) groups is 2. The highest BCUT2D eigenvalue weighted by molar-refractivity contribution is 5.88. The second-order valence-corrected chi connectivity index (χ2v) is 7.12. The van der Waals surface area contributed by atoms with Crippen LogP contribution in [0, 0.1) is 0 Å². The molecule has 1 aromatic carbocycles. The molecule has 0 bridgehead atoms. The van der Waals surface area contributed by atoms with Gasteiger partial charge in [0.15, 0.2) is 11.5 Å². The molecular weight excluding hydrogens is 388 g/mol. The number of methoxy groups -OCH3 is 2. The van der Waals surface area contributed by atoms with Crippen LogP contribution in [0.15, 0.2) is 42.7 Å². The molecule has 0 aliphatic heterocycles. The zero-order valence-corrected chi connectivity index (χ0v) is 17.3. The van der Waals surface area contributed by atoms with Crippen LogP contribution >= 0.6 is 0 Å². The second kappa shape index (κ2) is 10.1. The minimum absolute atomic E-state index is 0.0652. The number of benzene rings is 1. The lowest BCUT2D eigenvalue weighted by Crippen LogP contribution is -2.42. The molecule has 1 aromatic heterocycles. The van der Waals surface area contributed by atoms with Crippen molar-refractivity contribution in [1.82, 2.24) is 10.5 Å². The number of hydrogen-bond acceptors (Lipinski definition) is 8. The lowest BCUT2D eigenvalue weighted by molar-refractivity contribution is -0.148. The van der Waals surface area contributed by atoms with Crippen molar-refractivity contribution in [3.8, 4) is 11.5 Å². The van der Waals surface area contributed by atoms with Gasteiger partial charge in [0.2, 0.25) is 0 Å². The molecular formula is C22H26N2O6. The highest BCUT2D eigenvalue weighted by Gasteiger charge is 2.34. The van der Waals surface area contributed by atoms with E-state index in [1.54, 1.807) is 32.5 Å².